The van der Waals surface area contributed by atoms with Gasteiger partial charge in [0.1, 0.15) is 5.75 Å². The van der Waals surface area contributed by atoms with Gasteiger partial charge in [0.25, 0.3) is 0 Å². The maximum absolute atomic E-state index is 12.7. The van der Waals surface area contributed by atoms with E-state index in [0.717, 1.165) is 38.3 Å². The molecule has 3 nitrogen and oxygen atoms in total. The molecule has 0 atom stereocenters. The second kappa shape index (κ2) is 6.20. The Morgan fingerprint density at radius 3 is 2.50 bits per heavy atom. The third-order valence-electron chi connectivity index (χ3n) is 3.38. The summed E-state index contributed by atoms with van der Waals surface area (Å²) in [6, 6.07) is 1.73. The zero-order valence-electron chi connectivity index (χ0n) is 10.8. The zero-order valence-corrected chi connectivity index (χ0v) is 11.6. The fourth-order valence-corrected chi connectivity index (χ4v) is 2.46. The van der Waals surface area contributed by atoms with Crippen molar-refractivity contribution in [2.45, 2.75) is 12.6 Å². The van der Waals surface area contributed by atoms with Gasteiger partial charge in [0.2, 0.25) is 0 Å². The highest BCUT2D eigenvalue weighted by molar-refractivity contribution is 6.32. The molecule has 0 spiro atoms. The molecule has 1 saturated heterocycles. The van der Waals surface area contributed by atoms with Crippen LogP contribution in [0, 0.1) is 0 Å². The number of piperazine rings is 1. The van der Waals surface area contributed by atoms with E-state index >= 15 is 0 Å². The molecule has 1 aromatic carbocycles. The summed E-state index contributed by atoms with van der Waals surface area (Å²) in [7, 11) is 0. The van der Waals surface area contributed by atoms with Crippen molar-refractivity contribution in [3.05, 3.63) is 28.3 Å². The fourth-order valence-electron chi connectivity index (χ4n) is 2.22. The van der Waals surface area contributed by atoms with Crippen LogP contribution in [-0.2, 0) is 12.6 Å². The highest BCUT2D eigenvalue weighted by Crippen LogP contribution is 2.37. The summed E-state index contributed by atoms with van der Waals surface area (Å²) in [4.78, 5) is 2.14. The SMILES string of the molecule is Oc1c(Cl)cc(C(F)(F)F)cc1CCN1CCNCC1. The number of aromatic hydroxyl groups is 1. The Morgan fingerprint density at radius 2 is 1.90 bits per heavy atom. The molecule has 0 unspecified atom stereocenters. The minimum Gasteiger partial charge on any atom is -0.506 e. The highest BCUT2D eigenvalue weighted by atomic mass is 35.5. The van der Waals surface area contributed by atoms with Crippen LogP contribution in [0.15, 0.2) is 12.1 Å². The summed E-state index contributed by atoms with van der Waals surface area (Å²) < 4.78 is 38.1. The number of rotatable bonds is 3. The van der Waals surface area contributed by atoms with E-state index in [4.69, 9.17) is 11.6 Å². The van der Waals surface area contributed by atoms with E-state index in [1.54, 1.807) is 0 Å². The Morgan fingerprint density at radius 1 is 1.25 bits per heavy atom. The van der Waals surface area contributed by atoms with Gasteiger partial charge in [-0.25, -0.2) is 0 Å². The Hall–Kier alpha value is -0.980. The Bertz CT molecular complexity index is 473. The first kappa shape index (κ1) is 15.4. The third kappa shape index (κ3) is 3.77. The third-order valence-corrected chi connectivity index (χ3v) is 3.66. The summed E-state index contributed by atoms with van der Waals surface area (Å²) >= 11 is 5.67. The van der Waals surface area contributed by atoms with Crippen molar-refractivity contribution in [2.75, 3.05) is 32.7 Å². The number of alkyl halides is 3. The van der Waals surface area contributed by atoms with Gasteiger partial charge in [0.15, 0.2) is 0 Å². The molecule has 1 fully saturated rings. The summed E-state index contributed by atoms with van der Waals surface area (Å²) in [6.07, 6.45) is -4.11. The topological polar surface area (TPSA) is 35.5 Å². The standard InChI is InChI=1S/C13H16ClF3N2O/c14-11-8-10(13(15,16)17)7-9(12(11)20)1-4-19-5-2-18-3-6-19/h7-8,18,20H,1-6H2. The molecule has 2 N–H and O–H groups in total. The molecule has 1 aliphatic rings. The van der Waals surface area contributed by atoms with Crippen molar-refractivity contribution in [2.24, 2.45) is 0 Å². The lowest BCUT2D eigenvalue weighted by Crippen LogP contribution is -2.44. The molecule has 0 saturated carbocycles. The van der Waals surface area contributed by atoms with Crippen molar-refractivity contribution in [3.63, 3.8) is 0 Å². The lowest BCUT2D eigenvalue weighted by Gasteiger charge is -2.27. The van der Waals surface area contributed by atoms with Gasteiger partial charge in [0.05, 0.1) is 10.6 Å². The van der Waals surface area contributed by atoms with Gasteiger partial charge in [-0.15, -0.1) is 0 Å². The van der Waals surface area contributed by atoms with Crippen molar-refractivity contribution in [1.82, 2.24) is 10.2 Å². The number of nitrogens with zero attached hydrogens (tertiary/aromatic N) is 1. The zero-order chi connectivity index (χ0) is 14.8. The molecule has 7 heteroatoms. The number of hydrogen-bond donors (Lipinski definition) is 2. The van der Waals surface area contributed by atoms with Crippen LogP contribution in [0.4, 0.5) is 13.2 Å². The fraction of sp³-hybridized carbons (Fsp3) is 0.538. The van der Waals surface area contributed by atoms with E-state index in [9.17, 15) is 18.3 Å². The van der Waals surface area contributed by atoms with E-state index in [1.165, 1.54) is 0 Å². The molecule has 112 valence electrons. The van der Waals surface area contributed by atoms with E-state index in [2.05, 4.69) is 10.2 Å². The molecule has 0 amide bonds. The molecular weight excluding hydrogens is 293 g/mol. The number of phenolic OH excluding ortho intramolecular Hbond substituents is 1. The monoisotopic (exact) mass is 308 g/mol. The van der Waals surface area contributed by atoms with Crippen LogP contribution in [0.1, 0.15) is 11.1 Å². The van der Waals surface area contributed by atoms with Crippen LogP contribution in [-0.4, -0.2) is 42.7 Å². The van der Waals surface area contributed by atoms with Crippen LogP contribution < -0.4 is 5.32 Å². The van der Waals surface area contributed by atoms with Crippen molar-refractivity contribution in [3.8, 4) is 5.75 Å². The van der Waals surface area contributed by atoms with Crippen LogP contribution >= 0.6 is 11.6 Å². The lowest BCUT2D eigenvalue weighted by atomic mass is 10.1. The molecule has 0 radical (unpaired) electrons. The highest BCUT2D eigenvalue weighted by Gasteiger charge is 2.32. The predicted molar refractivity (Wildman–Crippen MR) is 71.1 cm³/mol. The van der Waals surface area contributed by atoms with E-state index < -0.39 is 11.7 Å². The second-order valence-electron chi connectivity index (χ2n) is 4.81. The first-order chi connectivity index (χ1) is 9.38. The predicted octanol–water partition coefficient (Wildman–Crippen LogP) is 2.51. The molecule has 0 bridgehead atoms. The first-order valence-electron chi connectivity index (χ1n) is 6.39. The molecule has 1 aromatic rings. The normalized spacial score (nSPS) is 17.4. The maximum atomic E-state index is 12.7. The van der Waals surface area contributed by atoms with E-state index in [0.29, 0.717) is 13.0 Å². The maximum Gasteiger partial charge on any atom is 0.416 e. The van der Waals surface area contributed by atoms with Crippen molar-refractivity contribution in [1.29, 1.82) is 0 Å². The largest absolute Gasteiger partial charge is 0.506 e. The van der Waals surface area contributed by atoms with Crippen LogP contribution in [0.25, 0.3) is 0 Å². The van der Waals surface area contributed by atoms with Gasteiger partial charge < -0.3 is 15.3 Å². The molecule has 2 rings (SSSR count). The molecule has 1 aliphatic heterocycles. The lowest BCUT2D eigenvalue weighted by molar-refractivity contribution is -0.137. The van der Waals surface area contributed by atoms with Gasteiger partial charge in [-0.05, 0) is 24.1 Å². The second-order valence-corrected chi connectivity index (χ2v) is 5.21. The van der Waals surface area contributed by atoms with Gasteiger partial charge in [-0.2, -0.15) is 13.2 Å². The Labute approximate surface area is 120 Å². The van der Waals surface area contributed by atoms with E-state index in [1.807, 2.05) is 0 Å². The van der Waals surface area contributed by atoms with Gasteiger partial charge in [0, 0.05) is 32.7 Å². The summed E-state index contributed by atoms with van der Waals surface area (Å²) in [5.41, 5.74) is -0.584. The minimum absolute atomic E-state index is 0.239. The quantitative estimate of drug-likeness (QED) is 0.900. The Kier molecular flexibility index (Phi) is 4.78. The summed E-state index contributed by atoms with van der Waals surface area (Å²) in [5.74, 6) is -0.255. The van der Waals surface area contributed by atoms with Crippen LogP contribution in [0.3, 0.4) is 0 Å². The summed E-state index contributed by atoms with van der Waals surface area (Å²) in [5, 5.41) is 12.7. The number of benzene rings is 1. The molecule has 20 heavy (non-hydrogen) atoms. The number of phenols is 1. The van der Waals surface area contributed by atoms with Gasteiger partial charge in [-0.3, -0.25) is 0 Å². The van der Waals surface area contributed by atoms with Crippen molar-refractivity contribution >= 4 is 11.6 Å². The van der Waals surface area contributed by atoms with Crippen molar-refractivity contribution < 1.29 is 18.3 Å². The number of hydrogen-bond acceptors (Lipinski definition) is 3. The van der Waals surface area contributed by atoms with Gasteiger partial charge >= 0.3 is 6.18 Å². The van der Waals surface area contributed by atoms with Crippen LogP contribution in [0.5, 0.6) is 5.75 Å². The number of halogens is 4. The average Bonchev–Trinajstić information content (AvgIpc) is 2.40. The number of nitrogens with one attached hydrogen (secondary N) is 1. The Balaban J connectivity index is 2.11. The summed E-state index contributed by atoms with van der Waals surface area (Å²) in [6.45, 7) is 4.05. The van der Waals surface area contributed by atoms with E-state index in [-0.39, 0.29) is 16.3 Å². The average molecular weight is 309 g/mol. The molecule has 0 aromatic heterocycles. The van der Waals surface area contributed by atoms with Crippen LogP contribution in [0.2, 0.25) is 5.02 Å². The minimum atomic E-state index is -4.46. The molecule has 1 heterocycles. The van der Waals surface area contributed by atoms with Gasteiger partial charge in [-0.1, -0.05) is 11.6 Å². The first-order valence-corrected chi connectivity index (χ1v) is 6.77. The smallest absolute Gasteiger partial charge is 0.416 e. The molecular formula is C13H16ClF3N2O. The molecule has 0 aliphatic carbocycles.